The normalized spacial score (nSPS) is 11.0. The average Bonchev–Trinajstić information content (AvgIpc) is 3.34. The zero-order chi connectivity index (χ0) is 24.0. The monoisotopic (exact) mass is 616 g/mol. The van der Waals surface area contributed by atoms with Crippen LogP contribution in [0.5, 0.6) is 5.75 Å². The van der Waals surface area contributed by atoms with Gasteiger partial charge in [-0.05, 0) is 69.8 Å². The Balaban J connectivity index is 1.47. The van der Waals surface area contributed by atoms with E-state index in [0.717, 1.165) is 15.8 Å². The molecule has 8 nitrogen and oxygen atoms in total. The Morgan fingerprint density at radius 3 is 2.42 bits per heavy atom. The predicted molar refractivity (Wildman–Crippen MR) is 133 cm³/mol. The van der Waals surface area contributed by atoms with Crippen molar-refractivity contribution in [3.05, 3.63) is 68.9 Å². The van der Waals surface area contributed by atoms with Crippen molar-refractivity contribution in [3.8, 4) is 5.75 Å². The van der Waals surface area contributed by atoms with Crippen molar-refractivity contribution in [3.63, 3.8) is 0 Å². The van der Waals surface area contributed by atoms with E-state index in [9.17, 15) is 18.0 Å². The molecule has 3 rings (SSSR count). The maximum Gasteiger partial charge on any atom is 0.344 e. The minimum absolute atomic E-state index is 0.240. The standard InChI is InChI=1S/C21H18Br2N2O6S2/c1-25(33(28,29)21-3-2-10-32-21)15-5-7-16(8-6-15)30-13-20(27)31-12-19(26)24-18-9-4-14(22)11-17(18)23/h2-11H,12-13H2,1H3,(H,24,26). The molecule has 2 aromatic carbocycles. The van der Waals surface area contributed by atoms with Crippen molar-refractivity contribution in [2.24, 2.45) is 0 Å². The number of nitrogens with one attached hydrogen (secondary N) is 1. The summed E-state index contributed by atoms with van der Waals surface area (Å²) in [5, 5.41) is 4.32. The number of hydrogen-bond donors (Lipinski definition) is 1. The molecule has 12 heteroatoms. The SMILES string of the molecule is CN(c1ccc(OCC(=O)OCC(=O)Nc2ccc(Br)cc2Br)cc1)S(=O)(=O)c1cccs1. The zero-order valence-corrected chi connectivity index (χ0v) is 22.0. The zero-order valence-electron chi connectivity index (χ0n) is 17.2. The van der Waals surface area contributed by atoms with E-state index in [1.165, 1.54) is 17.4 Å². The number of anilines is 2. The van der Waals surface area contributed by atoms with Crippen molar-refractivity contribution < 1.29 is 27.5 Å². The molecule has 1 N–H and O–H groups in total. The van der Waals surface area contributed by atoms with Crippen LogP contribution >= 0.6 is 43.2 Å². The minimum Gasteiger partial charge on any atom is -0.482 e. The van der Waals surface area contributed by atoms with Gasteiger partial charge in [-0.1, -0.05) is 22.0 Å². The molecule has 174 valence electrons. The lowest BCUT2D eigenvalue weighted by Crippen LogP contribution is -2.25. The van der Waals surface area contributed by atoms with Crippen LogP contribution in [0.4, 0.5) is 11.4 Å². The van der Waals surface area contributed by atoms with Crippen LogP contribution in [-0.4, -0.2) is 40.6 Å². The van der Waals surface area contributed by atoms with Gasteiger partial charge in [0.25, 0.3) is 15.9 Å². The largest absolute Gasteiger partial charge is 0.482 e. The third-order valence-electron chi connectivity index (χ3n) is 4.24. The number of carbonyl (C=O) groups is 2. The van der Waals surface area contributed by atoms with Crippen LogP contribution in [0.25, 0.3) is 0 Å². The first kappa shape index (κ1) is 25.2. The fraction of sp³-hybridized carbons (Fsp3) is 0.143. The number of carbonyl (C=O) groups excluding carboxylic acids is 2. The molecule has 1 heterocycles. The summed E-state index contributed by atoms with van der Waals surface area (Å²) in [5.74, 6) is -0.868. The van der Waals surface area contributed by atoms with Gasteiger partial charge in [0.15, 0.2) is 13.2 Å². The molecular weight excluding hydrogens is 600 g/mol. The highest BCUT2D eigenvalue weighted by molar-refractivity contribution is 9.11. The molecule has 33 heavy (non-hydrogen) atoms. The maximum atomic E-state index is 12.6. The Morgan fingerprint density at radius 2 is 1.79 bits per heavy atom. The van der Waals surface area contributed by atoms with Crippen LogP contribution in [0, 0.1) is 0 Å². The fourth-order valence-electron chi connectivity index (χ4n) is 2.54. The Labute approximate surface area is 211 Å². The Hall–Kier alpha value is -2.41. The van der Waals surface area contributed by atoms with E-state index in [0.29, 0.717) is 21.6 Å². The van der Waals surface area contributed by atoms with E-state index < -0.39 is 35.1 Å². The van der Waals surface area contributed by atoms with Crippen LogP contribution in [-0.2, 0) is 24.3 Å². The first-order valence-corrected chi connectivity index (χ1v) is 13.2. The second kappa shape index (κ2) is 11.1. The Morgan fingerprint density at radius 1 is 1.06 bits per heavy atom. The van der Waals surface area contributed by atoms with Crippen LogP contribution in [0.1, 0.15) is 0 Å². The lowest BCUT2D eigenvalue weighted by molar-refractivity contribution is -0.149. The first-order chi connectivity index (χ1) is 15.7. The molecule has 0 bridgehead atoms. The minimum atomic E-state index is -3.64. The predicted octanol–water partition coefficient (Wildman–Crippen LogP) is 4.66. The Bertz CT molecular complexity index is 1230. The van der Waals surface area contributed by atoms with Crippen molar-refractivity contribution in [1.82, 2.24) is 0 Å². The maximum absolute atomic E-state index is 12.6. The number of sulfonamides is 1. The van der Waals surface area contributed by atoms with Gasteiger partial charge in [-0.3, -0.25) is 9.10 Å². The van der Waals surface area contributed by atoms with Gasteiger partial charge in [0.2, 0.25) is 0 Å². The van der Waals surface area contributed by atoms with Crippen LogP contribution in [0.3, 0.4) is 0 Å². The number of amides is 1. The molecule has 0 fully saturated rings. The highest BCUT2D eigenvalue weighted by atomic mass is 79.9. The first-order valence-electron chi connectivity index (χ1n) is 9.32. The average molecular weight is 618 g/mol. The number of rotatable bonds is 9. The van der Waals surface area contributed by atoms with E-state index in [1.807, 2.05) is 0 Å². The van der Waals surface area contributed by atoms with Crippen LogP contribution in [0.2, 0.25) is 0 Å². The third kappa shape index (κ3) is 6.79. The third-order valence-corrected chi connectivity index (χ3v) is 8.54. The van der Waals surface area contributed by atoms with Gasteiger partial charge in [0.05, 0.1) is 11.4 Å². The Kier molecular flexibility index (Phi) is 8.51. The summed E-state index contributed by atoms with van der Waals surface area (Å²) < 4.78 is 38.4. The molecule has 0 unspecified atom stereocenters. The van der Waals surface area contributed by atoms with Crippen LogP contribution < -0.4 is 14.4 Å². The lowest BCUT2D eigenvalue weighted by Gasteiger charge is -2.18. The lowest BCUT2D eigenvalue weighted by atomic mass is 10.3. The molecule has 0 saturated carbocycles. The molecule has 0 saturated heterocycles. The number of nitrogens with zero attached hydrogens (tertiary/aromatic N) is 1. The van der Waals surface area contributed by atoms with Gasteiger partial charge in [0.1, 0.15) is 9.96 Å². The summed E-state index contributed by atoms with van der Waals surface area (Å²) in [5.41, 5.74) is 0.982. The van der Waals surface area contributed by atoms with E-state index in [1.54, 1.807) is 53.9 Å². The topological polar surface area (TPSA) is 102 Å². The van der Waals surface area contributed by atoms with Gasteiger partial charge in [-0.15, -0.1) is 11.3 Å². The van der Waals surface area contributed by atoms with Gasteiger partial charge in [-0.25, -0.2) is 13.2 Å². The molecule has 0 aliphatic carbocycles. The molecule has 1 amide bonds. The van der Waals surface area contributed by atoms with E-state index >= 15 is 0 Å². The van der Waals surface area contributed by atoms with E-state index in [2.05, 4.69) is 37.2 Å². The molecule has 0 aliphatic rings. The second-order valence-electron chi connectivity index (χ2n) is 6.52. The van der Waals surface area contributed by atoms with Crippen molar-refractivity contribution >= 4 is 76.5 Å². The molecular formula is C21H18Br2N2O6S2. The summed E-state index contributed by atoms with van der Waals surface area (Å²) in [6.07, 6.45) is 0. The van der Waals surface area contributed by atoms with Gasteiger partial charge >= 0.3 is 5.97 Å². The highest BCUT2D eigenvalue weighted by Gasteiger charge is 2.22. The number of halogens is 2. The summed E-state index contributed by atoms with van der Waals surface area (Å²) in [4.78, 5) is 23.9. The second-order valence-corrected chi connectivity index (χ2v) is 11.4. The summed E-state index contributed by atoms with van der Waals surface area (Å²) in [6.45, 7) is -0.868. The highest BCUT2D eigenvalue weighted by Crippen LogP contribution is 2.27. The molecule has 1 aromatic heterocycles. The van der Waals surface area contributed by atoms with Crippen molar-refractivity contribution in [1.29, 1.82) is 0 Å². The number of thiophene rings is 1. The summed E-state index contributed by atoms with van der Waals surface area (Å²) in [6, 6.07) is 14.7. The molecule has 0 radical (unpaired) electrons. The number of esters is 1. The van der Waals surface area contributed by atoms with Crippen LogP contribution in [0.15, 0.2) is 73.1 Å². The van der Waals surface area contributed by atoms with E-state index in [-0.39, 0.29) is 4.21 Å². The van der Waals surface area contributed by atoms with Crippen molar-refractivity contribution in [2.45, 2.75) is 4.21 Å². The summed E-state index contributed by atoms with van der Waals surface area (Å²) >= 11 is 7.79. The van der Waals surface area contributed by atoms with Gasteiger partial charge < -0.3 is 14.8 Å². The smallest absolute Gasteiger partial charge is 0.344 e. The molecule has 3 aromatic rings. The number of hydrogen-bond acceptors (Lipinski definition) is 7. The quantitative estimate of drug-likeness (QED) is 0.351. The van der Waals surface area contributed by atoms with E-state index in [4.69, 9.17) is 9.47 Å². The number of benzene rings is 2. The number of ether oxygens (including phenoxy) is 2. The van der Waals surface area contributed by atoms with Gasteiger partial charge in [-0.2, -0.15) is 0 Å². The molecule has 0 aliphatic heterocycles. The van der Waals surface area contributed by atoms with Crippen molar-refractivity contribution in [2.75, 3.05) is 29.9 Å². The fourth-order valence-corrected chi connectivity index (χ4v) is 6.05. The van der Waals surface area contributed by atoms with Gasteiger partial charge in [0, 0.05) is 16.0 Å². The molecule has 0 spiro atoms. The molecule has 0 atom stereocenters. The summed E-state index contributed by atoms with van der Waals surface area (Å²) in [7, 11) is -2.18.